The van der Waals surface area contributed by atoms with Gasteiger partial charge in [0.15, 0.2) is 0 Å². The second kappa shape index (κ2) is 7.25. The summed E-state index contributed by atoms with van der Waals surface area (Å²) >= 11 is 0. The molecular formula is C19H25N3O3. The predicted molar refractivity (Wildman–Crippen MR) is 95.4 cm³/mol. The molecule has 1 aliphatic carbocycles. The van der Waals surface area contributed by atoms with Crippen LogP contribution in [0.5, 0.6) is 0 Å². The van der Waals surface area contributed by atoms with E-state index in [1.165, 1.54) is 31.1 Å². The minimum absolute atomic E-state index is 0.125. The van der Waals surface area contributed by atoms with Gasteiger partial charge in [-0.1, -0.05) is 31.4 Å². The number of carboxylic acid groups (broad SMARTS) is 1. The first kappa shape index (κ1) is 17.5. The van der Waals surface area contributed by atoms with Gasteiger partial charge in [-0.25, -0.2) is 9.78 Å². The Hall–Kier alpha value is -2.37. The Morgan fingerprint density at radius 2 is 1.96 bits per heavy atom. The summed E-state index contributed by atoms with van der Waals surface area (Å²) in [7, 11) is 1.54. The Labute approximate surface area is 147 Å². The third-order valence-electron chi connectivity index (χ3n) is 5.28. The summed E-state index contributed by atoms with van der Waals surface area (Å²) in [5, 5.41) is 9.14. The number of hydrogen-bond acceptors (Lipinski definition) is 3. The van der Waals surface area contributed by atoms with Crippen molar-refractivity contribution in [3.05, 3.63) is 30.1 Å². The number of rotatable bonds is 5. The molecule has 3 rings (SSSR count). The molecular weight excluding hydrogens is 318 g/mol. The summed E-state index contributed by atoms with van der Waals surface area (Å²) in [5.74, 6) is 0.121. The van der Waals surface area contributed by atoms with Crippen LogP contribution in [-0.2, 0) is 16.1 Å². The van der Waals surface area contributed by atoms with Crippen LogP contribution in [0.3, 0.4) is 0 Å². The lowest BCUT2D eigenvalue weighted by Gasteiger charge is -2.25. The van der Waals surface area contributed by atoms with Crippen molar-refractivity contribution >= 4 is 22.9 Å². The maximum atomic E-state index is 12.6. The Balaban J connectivity index is 1.93. The number of hydrogen-bond donors (Lipinski definition) is 1. The molecule has 6 nitrogen and oxygen atoms in total. The number of amides is 1. The number of para-hydroxylation sites is 2. The SMILES string of the molecule is CC(C(=O)O)N(C)C(=O)Cn1c(C2CCCCC2)nc2ccccc21. The van der Waals surface area contributed by atoms with Crippen molar-refractivity contribution in [3.63, 3.8) is 0 Å². The molecule has 1 N–H and O–H groups in total. The topological polar surface area (TPSA) is 75.4 Å². The van der Waals surface area contributed by atoms with Crippen molar-refractivity contribution in [1.82, 2.24) is 14.5 Å². The highest BCUT2D eigenvalue weighted by molar-refractivity contribution is 5.85. The van der Waals surface area contributed by atoms with Gasteiger partial charge in [0, 0.05) is 13.0 Å². The van der Waals surface area contributed by atoms with Crippen LogP contribution in [0.15, 0.2) is 24.3 Å². The number of carboxylic acids is 1. The number of fused-ring (bicyclic) bond motifs is 1. The van der Waals surface area contributed by atoms with Crippen LogP contribution in [-0.4, -0.2) is 44.5 Å². The summed E-state index contributed by atoms with van der Waals surface area (Å²) in [6, 6.07) is 6.99. The number of aliphatic carboxylic acids is 1. The summed E-state index contributed by atoms with van der Waals surface area (Å²) in [5.41, 5.74) is 1.83. The van der Waals surface area contributed by atoms with Gasteiger partial charge in [-0.05, 0) is 31.9 Å². The van der Waals surface area contributed by atoms with E-state index >= 15 is 0 Å². The molecule has 0 spiro atoms. The molecule has 1 amide bonds. The van der Waals surface area contributed by atoms with E-state index in [-0.39, 0.29) is 12.5 Å². The standard InChI is InChI=1S/C19H25N3O3/c1-13(19(24)25)21(2)17(23)12-22-16-11-7-6-10-15(16)20-18(22)14-8-4-3-5-9-14/h6-7,10-11,13-14H,3-5,8-9,12H2,1-2H3,(H,24,25). The molecule has 1 heterocycles. The number of carbonyl (C=O) groups excluding carboxylic acids is 1. The predicted octanol–water partition coefficient (Wildman–Crippen LogP) is 3.02. The molecule has 1 unspecified atom stereocenters. The first-order valence-electron chi connectivity index (χ1n) is 8.92. The smallest absolute Gasteiger partial charge is 0.326 e. The van der Waals surface area contributed by atoms with Crippen LogP contribution in [0.25, 0.3) is 11.0 Å². The van der Waals surface area contributed by atoms with Crippen molar-refractivity contribution in [2.45, 2.75) is 57.5 Å². The Bertz CT molecular complexity index is 777. The number of likely N-dealkylation sites (N-methyl/N-ethyl adjacent to an activating group) is 1. The summed E-state index contributed by atoms with van der Waals surface area (Å²) in [6.45, 7) is 1.65. The minimum atomic E-state index is -1.00. The molecule has 2 aromatic rings. The zero-order chi connectivity index (χ0) is 18.0. The van der Waals surface area contributed by atoms with Crippen molar-refractivity contribution < 1.29 is 14.7 Å². The second-order valence-corrected chi connectivity index (χ2v) is 6.90. The normalized spacial score (nSPS) is 16.7. The van der Waals surface area contributed by atoms with Gasteiger partial charge in [-0.2, -0.15) is 0 Å². The van der Waals surface area contributed by atoms with Crippen LogP contribution >= 0.6 is 0 Å². The summed E-state index contributed by atoms with van der Waals surface area (Å²) in [4.78, 5) is 29.9. The molecule has 1 aromatic heterocycles. The van der Waals surface area contributed by atoms with Gasteiger partial charge in [0.2, 0.25) is 5.91 Å². The van der Waals surface area contributed by atoms with Crippen LogP contribution in [0.2, 0.25) is 0 Å². The first-order chi connectivity index (χ1) is 12.0. The molecule has 0 radical (unpaired) electrons. The number of benzene rings is 1. The van der Waals surface area contributed by atoms with Crippen LogP contribution in [0, 0.1) is 0 Å². The minimum Gasteiger partial charge on any atom is -0.480 e. The Morgan fingerprint density at radius 1 is 1.28 bits per heavy atom. The number of carbonyl (C=O) groups is 2. The second-order valence-electron chi connectivity index (χ2n) is 6.90. The van der Waals surface area contributed by atoms with E-state index in [4.69, 9.17) is 10.1 Å². The van der Waals surface area contributed by atoms with Gasteiger partial charge in [0.25, 0.3) is 0 Å². The number of aromatic nitrogens is 2. The average molecular weight is 343 g/mol. The van der Waals surface area contributed by atoms with E-state index in [0.29, 0.717) is 5.92 Å². The average Bonchev–Trinajstić information content (AvgIpc) is 2.99. The lowest BCUT2D eigenvalue weighted by atomic mass is 9.88. The van der Waals surface area contributed by atoms with Crippen molar-refractivity contribution in [1.29, 1.82) is 0 Å². The molecule has 6 heteroatoms. The van der Waals surface area contributed by atoms with Gasteiger partial charge in [0.05, 0.1) is 11.0 Å². The molecule has 1 saturated carbocycles. The first-order valence-corrected chi connectivity index (χ1v) is 8.92. The third kappa shape index (κ3) is 3.52. The highest BCUT2D eigenvalue weighted by atomic mass is 16.4. The van der Waals surface area contributed by atoms with Gasteiger partial charge in [0.1, 0.15) is 18.4 Å². The zero-order valence-corrected chi connectivity index (χ0v) is 14.8. The summed E-state index contributed by atoms with van der Waals surface area (Å²) in [6.07, 6.45) is 5.84. The Kier molecular flexibility index (Phi) is 5.06. The van der Waals surface area contributed by atoms with Crippen molar-refractivity contribution in [2.24, 2.45) is 0 Å². The van der Waals surface area contributed by atoms with Gasteiger partial charge in [-0.15, -0.1) is 0 Å². The monoisotopic (exact) mass is 343 g/mol. The van der Waals surface area contributed by atoms with E-state index in [2.05, 4.69) is 0 Å². The quantitative estimate of drug-likeness (QED) is 0.905. The highest BCUT2D eigenvalue weighted by Gasteiger charge is 2.26. The van der Waals surface area contributed by atoms with Crippen LogP contribution in [0.4, 0.5) is 0 Å². The largest absolute Gasteiger partial charge is 0.480 e. The van der Waals surface area contributed by atoms with Gasteiger partial charge >= 0.3 is 5.97 Å². The third-order valence-corrected chi connectivity index (χ3v) is 5.28. The summed E-state index contributed by atoms with van der Waals surface area (Å²) < 4.78 is 1.98. The molecule has 0 saturated heterocycles. The van der Waals surface area contributed by atoms with Crippen LogP contribution in [0.1, 0.15) is 50.8 Å². The zero-order valence-electron chi connectivity index (χ0n) is 14.8. The molecule has 1 atom stereocenters. The maximum absolute atomic E-state index is 12.6. The number of imidazole rings is 1. The molecule has 134 valence electrons. The van der Waals surface area contributed by atoms with E-state index in [1.54, 1.807) is 7.05 Å². The molecule has 1 aromatic carbocycles. The van der Waals surface area contributed by atoms with Gasteiger partial charge in [-0.3, -0.25) is 4.79 Å². The van der Waals surface area contributed by atoms with Gasteiger partial charge < -0.3 is 14.6 Å². The van der Waals surface area contributed by atoms with Crippen molar-refractivity contribution in [2.75, 3.05) is 7.05 Å². The maximum Gasteiger partial charge on any atom is 0.326 e. The van der Waals surface area contributed by atoms with E-state index < -0.39 is 12.0 Å². The van der Waals surface area contributed by atoms with Crippen molar-refractivity contribution in [3.8, 4) is 0 Å². The van der Waals surface area contributed by atoms with Crippen LogP contribution < -0.4 is 0 Å². The molecule has 25 heavy (non-hydrogen) atoms. The molecule has 1 aliphatic rings. The van der Waals surface area contributed by atoms with E-state index in [9.17, 15) is 9.59 Å². The van der Waals surface area contributed by atoms with E-state index in [1.807, 2.05) is 28.8 Å². The molecule has 0 aliphatic heterocycles. The fraction of sp³-hybridized carbons (Fsp3) is 0.526. The fourth-order valence-corrected chi connectivity index (χ4v) is 3.56. The fourth-order valence-electron chi connectivity index (χ4n) is 3.56. The molecule has 0 bridgehead atoms. The lowest BCUT2D eigenvalue weighted by Crippen LogP contribution is -2.42. The lowest BCUT2D eigenvalue weighted by molar-refractivity contribution is -0.148. The highest BCUT2D eigenvalue weighted by Crippen LogP contribution is 2.34. The Morgan fingerprint density at radius 3 is 2.64 bits per heavy atom. The number of nitrogens with zero attached hydrogens (tertiary/aromatic N) is 3. The van der Waals surface area contributed by atoms with E-state index in [0.717, 1.165) is 29.7 Å². The molecule has 1 fully saturated rings.